The van der Waals surface area contributed by atoms with Crippen LogP contribution in [0, 0.1) is 0 Å². The van der Waals surface area contributed by atoms with Gasteiger partial charge in [-0.25, -0.2) is 0 Å². The monoisotopic (exact) mass is 786 g/mol. The summed E-state index contributed by atoms with van der Waals surface area (Å²) in [6.07, 6.45) is 30.0. The number of aliphatic hydroxyl groups excluding tert-OH is 6. The Hall–Kier alpha value is -1.11. The minimum Gasteiger partial charge on any atom is -0.394 e. The molecule has 8 unspecified atom stereocenters. The van der Waals surface area contributed by atoms with Crippen LogP contribution in [0.3, 0.4) is 0 Å². The maximum absolute atomic E-state index is 13.0. The van der Waals surface area contributed by atoms with E-state index in [1.54, 1.807) is 6.08 Å². The number of unbranched alkanes of at least 4 members (excludes halogenated alkanes) is 27. The Morgan fingerprint density at radius 2 is 1.04 bits per heavy atom. The SMILES string of the molecule is CCCCCCCCCCCCCCC/C=C/C(O)C(COC1OC(CO)C(O)C(O)C1O)NC(=O)C(O)CCCCCCCCCCCCCCCCC. The third-order valence-electron chi connectivity index (χ3n) is 11.2. The Labute approximate surface area is 336 Å². The molecule has 0 aliphatic carbocycles. The molecule has 10 nitrogen and oxygen atoms in total. The van der Waals surface area contributed by atoms with Gasteiger partial charge in [-0.1, -0.05) is 199 Å². The molecule has 10 heteroatoms. The fourth-order valence-electron chi connectivity index (χ4n) is 7.40. The van der Waals surface area contributed by atoms with Crippen molar-refractivity contribution in [3.8, 4) is 0 Å². The second kappa shape index (κ2) is 36.0. The molecule has 0 aromatic heterocycles. The highest BCUT2D eigenvalue weighted by Crippen LogP contribution is 2.23. The van der Waals surface area contributed by atoms with E-state index in [0.717, 1.165) is 44.9 Å². The summed E-state index contributed by atoms with van der Waals surface area (Å²) in [6, 6.07) is -0.974. The molecule has 0 aromatic carbocycles. The minimum atomic E-state index is -1.61. The van der Waals surface area contributed by atoms with Crippen molar-refractivity contribution in [3.63, 3.8) is 0 Å². The highest BCUT2D eigenvalue weighted by atomic mass is 16.7. The third-order valence-corrected chi connectivity index (χ3v) is 11.2. The van der Waals surface area contributed by atoms with Crippen LogP contribution in [0.25, 0.3) is 0 Å². The van der Waals surface area contributed by atoms with Gasteiger partial charge >= 0.3 is 0 Å². The zero-order chi connectivity index (χ0) is 40.4. The van der Waals surface area contributed by atoms with Crippen molar-refractivity contribution in [3.05, 3.63) is 12.2 Å². The number of hydrogen-bond donors (Lipinski definition) is 7. The van der Waals surface area contributed by atoms with E-state index in [1.807, 2.05) is 6.08 Å². The van der Waals surface area contributed by atoms with E-state index in [-0.39, 0.29) is 6.61 Å². The first-order valence-corrected chi connectivity index (χ1v) is 23.0. The van der Waals surface area contributed by atoms with Crippen LogP contribution in [0.4, 0.5) is 0 Å². The second-order valence-electron chi connectivity index (χ2n) is 16.3. The molecule has 0 saturated carbocycles. The number of aliphatic hydroxyl groups is 6. The van der Waals surface area contributed by atoms with E-state index >= 15 is 0 Å². The fraction of sp³-hybridized carbons (Fsp3) is 0.933. The lowest BCUT2D eigenvalue weighted by Gasteiger charge is -2.40. The van der Waals surface area contributed by atoms with Gasteiger partial charge in [0.1, 0.15) is 30.5 Å². The minimum absolute atomic E-state index is 0.301. The zero-order valence-corrected chi connectivity index (χ0v) is 35.3. The number of rotatable bonds is 38. The van der Waals surface area contributed by atoms with Crippen molar-refractivity contribution in [1.29, 1.82) is 0 Å². The van der Waals surface area contributed by atoms with Gasteiger partial charge in [0.25, 0.3) is 0 Å². The standard InChI is InChI=1S/C45H87NO9/c1-3-5-7-9-11-13-15-17-19-21-23-25-27-29-31-33-38(48)37(36-54-45-43(52)42(51)41(50)40(35-47)55-45)46-44(53)39(49)34-32-30-28-26-24-22-20-18-16-14-12-10-8-6-4-2/h31,33,37-43,45,47-52H,3-30,32,34-36H2,1-2H3,(H,46,53)/b33-31+. The molecule has 1 rings (SSSR count). The van der Waals surface area contributed by atoms with Crippen molar-refractivity contribution in [2.45, 2.75) is 255 Å². The topological polar surface area (TPSA) is 169 Å². The van der Waals surface area contributed by atoms with Gasteiger partial charge in [0.15, 0.2) is 6.29 Å². The molecule has 0 spiro atoms. The molecule has 0 aromatic rings. The van der Waals surface area contributed by atoms with E-state index in [9.17, 15) is 35.4 Å². The maximum Gasteiger partial charge on any atom is 0.249 e. The first-order valence-electron chi connectivity index (χ1n) is 23.0. The van der Waals surface area contributed by atoms with Crippen molar-refractivity contribution in [2.75, 3.05) is 13.2 Å². The molecule has 0 bridgehead atoms. The van der Waals surface area contributed by atoms with Gasteiger partial charge in [-0.2, -0.15) is 0 Å². The summed E-state index contributed by atoms with van der Waals surface area (Å²) >= 11 is 0. The first kappa shape index (κ1) is 51.9. The Bertz CT molecular complexity index is 890. The summed E-state index contributed by atoms with van der Waals surface area (Å²) in [7, 11) is 0. The van der Waals surface area contributed by atoms with Gasteiger partial charge < -0.3 is 45.4 Å². The largest absolute Gasteiger partial charge is 0.394 e. The molecule has 55 heavy (non-hydrogen) atoms. The quantitative estimate of drug-likeness (QED) is 0.0241. The Morgan fingerprint density at radius 3 is 1.47 bits per heavy atom. The highest BCUT2D eigenvalue weighted by molar-refractivity contribution is 5.80. The van der Waals surface area contributed by atoms with Crippen molar-refractivity contribution in [2.24, 2.45) is 0 Å². The molecule has 1 amide bonds. The third kappa shape index (κ3) is 26.5. The molecule has 1 saturated heterocycles. The van der Waals surface area contributed by atoms with Crippen LogP contribution in [-0.2, 0) is 14.3 Å². The average molecular weight is 786 g/mol. The number of carbonyl (C=O) groups is 1. The predicted octanol–water partition coefficient (Wildman–Crippen LogP) is 8.31. The molecule has 7 N–H and O–H groups in total. The van der Waals surface area contributed by atoms with Crippen LogP contribution in [-0.4, -0.2) is 98.7 Å². The van der Waals surface area contributed by atoms with E-state index in [0.29, 0.717) is 6.42 Å². The molecule has 8 atom stereocenters. The van der Waals surface area contributed by atoms with Gasteiger partial charge in [-0.05, 0) is 19.3 Å². The van der Waals surface area contributed by atoms with Gasteiger partial charge in [-0.15, -0.1) is 0 Å². The molecule has 0 radical (unpaired) electrons. The van der Waals surface area contributed by atoms with Crippen molar-refractivity contribution in [1.82, 2.24) is 5.32 Å². The fourth-order valence-corrected chi connectivity index (χ4v) is 7.40. The summed E-state index contributed by atoms with van der Waals surface area (Å²) in [5, 5.41) is 64.6. The van der Waals surface area contributed by atoms with E-state index in [2.05, 4.69) is 19.2 Å². The first-order chi connectivity index (χ1) is 26.8. The summed E-state index contributed by atoms with van der Waals surface area (Å²) < 4.78 is 11.1. The van der Waals surface area contributed by atoms with E-state index in [1.165, 1.54) is 141 Å². The normalized spacial score (nSPS) is 21.9. The highest BCUT2D eigenvalue weighted by Gasteiger charge is 2.44. The molecule has 1 aliphatic heterocycles. The molecule has 1 fully saturated rings. The number of hydrogen-bond acceptors (Lipinski definition) is 9. The summed E-state index contributed by atoms with van der Waals surface area (Å²) in [5.41, 5.74) is 0. The molecule has 326 valence electrons. The maximum atomic E-state index is 13.0. The lowest BCUT2D eigenvalue weighted by atomic mass is 9.99. The zero-order valence-electron chi connectivity index (χ0n) is 35.3. The van der Waals surface area contributed by atoms with Crippen LogP contribution >= 0.6 is 0 Å². The van der Waals surface area contributed by atoms with E-state index < -0.39 is 61.5 Å². The number of nitrogens with one attached hydrogen (secondary N) is 1. The van der Waals surface area contributed by atoms with Gasteiger partial charge in [0.05, 0.1) is 25.4 Å². The van der Waals surface area contributed by atoms with E-state index in [4.69, 9.17) is 9.47 Å². The lowest BCUT2D eigenvalue weighted by Crippen LogP contribution is -2.60. The molecular formula is C45H87NO9. The Morgan fingerprint density at radius 1 is 0.618 bits per heavy atom. The predicted molar refractivity (Wildman–Crippen MR) is 223 cm³/mol. The van der Waals surface area contributed by atoms with Gasteiger partial charge in [0, 0.05) is 0 Å². The van der Waals surface area contributed by atoms with Crippen molar-refractivity contribution >= 4 is 5.91 Å². The number of ether oxygens (including phenoxy) is 2. The summed E-state index contributed by atoms with van der Waals surface area (Å²) in [5.74, 6) is -0.614. The summed E-state index contributed by atoms with van der Waals surface area (Å²) in [4.78, 5) is 13.0. The Kier molecular flexibility index (Phi) is 34.0. The summed E-state index contributed by atoms with van der Waals surface area (Å²) in [6.45, 7) is 3.61. The number of carbonyl (C=O) groups excluding carboxylic acids is 1. The van der Waals surface area contributed by atoms with Crippen LogP contribution in [0.15, 0.2) is 12.2 Å². The average Bonchev–Trinajstić information content (AvgIpc) is 3.18. The number of allylic oxidation sites excluding steroid dienone is 1. The van der Waals surface area contributed by atoms with Crippen molar-refractivity contribution < 1.29 is 44.9 Å². The lowest BCUT2D eigenvalue weighted by molar-refractivity contribution is -0.302. The van der Waals surface area contributed by atoms with Crippen LogP contribution in [0.5, 0.6) is 0 Å². The van der Waals surface area contributed by atoms with Crippen LogP contribution in [0.1, 0.15) is 206 Å². The Balaban J connectivity index is 2.42. The van der Waals surface area contributed by atoms with Gasteiger partial charge in [-0.3, -0.25) is 4.79 Å². The van der Waals surface area contributed by atoms with Crippen LogP contribution < -0.4 is 5.32 Å². The number of amides is 1. The second-order valence-corrected chi connectivity index (χ2v) is 16.3. The van der Waals surface area contributed by atoms with Gasteiger partial charge in [0.2, 0.25) is 5.91 Å². The molecule has 1 heterocycles. The van der Waals surface area contributed by atoms with Crippen LogP contribution in [0.2, 0.25) is 0 Å². The smallest absolute Gasteiger partial charge is 0.249 e. The molecular weight excluding hydrogens is 698 g/mol. The molecule has 1 aliphatic rings.